The smallest absolute Gasteiger partial charge is 0.158 e. The Balaban J connectivity index is 1.33. The zero-order valence-electron chi connectivity index (χ0n) is 22.0. The lowest BCUT2D eigenvalue weighted by atomic mass is 9.83. The molecule has 0 amide bonds. The molecule has 2 aliphatic rings. The van der Waals surface area contributed by atoms with Gasteiger partial charge in [0.1, 0.15) is 6.33 Å². The molecule has 0 radical (unpaired) electrons. The van der Waals surface area contributed by atoms with Crippen molar-refractivity contribution in [1.29, 1.82) is 0 Å². The molecule has 190 valence electrons. The van der Waals surface area contributed by atoms with Crippen LogP contribution in [-0.2, 0) is 0 Å². The minimum Gasteiger partial charge on any atom is -0.395 e. The van der Waals surface area contributed by atoms with Gasteiger partial charge in [0.2, 0.25) is 0 Å². The van der Waals surface area contributed by atoms with Crippen molar-refractivity contribution in [3.05, 3.63) is 47.0 Å². The average Bonchev–Trinajstić information content (AvgIpc) is 3.63. The number of hydrogen-bond acceptors (Lipinski definition) is 5. The van der Waals surface area contributed by atoms with Crippen LogP contribution in [0.3, 0.4) is 0 Å². The van der Waals surface area contributed by atoms with Crippen molar-refractivity contribution in [2.75, 3.05) is 13.2 Å². The van der Waals surface area contributed by atoms with E-state index in [-0.39, 0.29) is 0 Å². The fourth-order valence-corrected chi connectivity index (χ4v) is 6.79. The topological polar surface area (TPSA) is 82.3 Å². The molecule has 1 unspecified atom stereocenters. The van der Waals surface area contributed by atoms with Crippen LogP contribution in [0.25, 0.3) is 27.9 Å². The van der Waals surface area contributed by atoms with E-state index in [1.807, 2.05) is 4.52 Å². The highest BCUT2D eigenvalue weighted by molar-refractivity contribution is 5.89. The standard InChI is InChI=1S/C29H38N6O/c1-17(2)26-27(23-14-35-29(30-16-31-35)19(4)18(23)3)33-25-12-11-24(32-28(25)26)20-7-9-21(10-8-20)34-13-5-6-22(34)15-36/h11-12,14,16-17,20-22,33,36H,5-10,13,15H2,1-4H3. The summed E-state index contributed by atoms with van der Waals surface area (Å²) in [5.41, 5.74) is 10.3. The summed E-state index contributed by atoms with van der Waals surface area (Å²) in [6.07, 6.45) is 10.8. The van der Waals surface area contributed by atoms with Gasteiger partial charge < -0.3 is 10.1 Å². The van der Waals surface area contributed by atoms with Crippen LogP contribution in [0.4, 0.5) is 0 Å². The number of pyridine rings is 2. The first-order valence-corrected chi connectivity index (χ1v) is 13.6. The molecule has 1 saturated carbocycles. The Labute approximate surface area is 213 Å². The molecular formula is C29H38N6O. The number of nitrogens with zero attached hydrogens (tertiary/aromatic N) is 5. The second kappa shape index (κ2) is 9.27. The van der Waals surface area contributed by atoms with Crippen molar-refractivity contribution < 1.29 is 5.11 Å². The first kappa shape index (κ1) is 23.6. The Morgan fingerprint density at radius 3 is 2.64 bits per heavy atom. The van der Waals surface area contributed by atoms with Gasteiger partial charge in [-0.25, -0.2) is 9.50 Å². The van der Waals surface area contributed by atoms with Gasteiger partial charge in [0.15, 0.2) is 5.65 Å². The van der Waals surface area contributed by atoms with Gasteiger partial charge in [-0.2, -0.15) is 5.10 Å². The molecule has 0 spiro atoms. The number of fused-ring (bicyclic) bond motifs is 2. The fraction of sp³-hybridized carbons (Fsp3) is 0.552. The van der Waals surface area contributed by atoms with E-state index in [9.17, 15) is 5.11 Å². The molecule has 1 saturated heterocycles. The van der Waals surface area contributed by atoms with Gasteiger partial charge in [-0.1, -0.05) is 13.8 Å². The first-order valence-electron chi connectivity index (χ1n) is 13.6. The van der Waals surface area contributed by atoms with E-state index in [4.69, 9.17) is 4.98 Å². The van der Waals surface area contributed by atoms with Crippen molar-refractivity contribution in [2.45, 2.75) is 90.1 Å². The minimum absolute atomic E-state index is 0.300. The minimum atomic E-state index is 0.300. The molecule has 4 aromatic heterocycles. The van der Waals surface area contributed by atoms with Crippen LogP contribution in [0.1, 0.15) is 86.6 Å². The predicted molar refractivity (Wildman–Crippen MR) is 143 cm³/mol. The molecule has 2 N–H and O–H groups in total. The summed E-state index contributed by atoms with van der Waals surface area (Å²) in [7, 11) is 0. The molecule has 6 rings (SSSR count). The molecule has 7 nitrogen and oxygen atoms in total. The Morgan fingerprint density at radius 2 is 1.89 bits per heavy atom. The molecule has 4 aromatic rings. The maximum atomic E-state index is 9.76. The molecule has 1 aliphatic carbocycles. The van der Waals surface area contributed by atoms with E-state index in [1.165, 1.54) is 54.5 Å². The normalized spacial score (nSPS) is 23.4. The Hall–Kier alpha value is -2.77. The third-order valence-electron chi connectivity index (χ3n) is 8.89. The SMILES string of the molecule is Cc1c(-c2[nH]c3ccc(C4CCC(N5CCCC5CO)CC4)nc3c2C(C)C)cn2ncnc2c1C. The molecule has 0 aromatic carbocycles. The number of rotatable bonds is 5. The van der Waals surface area contributed by atoms with E-state index in [0.717, 1.165) is 40.9 Å². The van der Waals surface area contributed by atoms with Crippen molar-refractivity contribution in [3.63, 3.8) is 0 Å². The van der Waals surface area contributed by atoms with Crippen LogP contribution < -0.4 is 0 Å². The van der Waals surface area contributed by atoms with Crippen LogP contribution >= 0.6 is 0 Å². The Morgan fingerprint density at radius 1 is 1.08 bits per heavy atom. The molecule has 5 heterocycles. The van der Waals surface area contributed by atoms with Crippen molar-refractivity contribution in [1.82, 2.24) is 29.5 Å². The molecule has 1 aliphatic heterocycles. The number of aliphatic hydroxyl groups is 1. The van der Waals surface area contributed by atoms with Crippen LogP contribution in [0, 0.1) is 13.8 Å². The summed E-state index contributed by atoms with van der Waals surface area (Å²) in [6, 6.07) is 5.46. The second-order valence-corrected chi connectivity index (χ2v) is 11.2. The Kier molecular flexibility index (Phi) is 6.08. The highest BCUT2D eigenvalue weighted by Gasteiger charge is 2.33. The highest BCUT2D eigenvalue weighted by atomic mass is 16.3. The van der Waals surface area contributed by atoms with E-state index >= 15 is 0 Å². The summed E-state index contributed by atoms with van der Waals surface area (Å²) >= 11 is 0. The van der Waals surface area contributed by atoms with E-state index in [1.54, 1.807) is 6.33 Å². The van der Waals surface area contributed by atoms with E-state index < -0.39 is 0 Å². The third kappa shape index (κ3) is 3.84. The molecule has 1 atom stereocenters. The van der Waals surface area contributed by atoms with Gasteiger partial charge >= 0.3 is 0 Å². The van der Waals surface area contributed by atoms with E-state index in [0.29, 0.717) is 30.5 Å². The van der Waals surface area contributed by atoms with Gasteiger partial charge in [-0.15, -0.1) is 0 Å². The number of aliphatic hydroxyl groups excluding tert-OH is 1. The summed E-state index contributed by atoms with van der Waals surface area (Å²) in [6.45, 7) is 10.3. The number of likely N-dealkylation sites (tertiary alicyclic amines) is 1. The van der Waals surface area contributed by atoms with Gasteiger partial charge in [-0.05, 0) is 88.1 Å². The molecular weight excluding hydrogens is 448 g/mol. The lowest BCUT2D eigenvalue weighted by molar-refractivity contribution is 0.0942. The van der Waals surface area contributed by atoms with Crippen molar-refractivity contribution >= 4 is 16.7 Å². The number of aryl methyl sites for hydroxylation is 1. The fourth-order valence-electron chi connectivity index (χ4n) is 6.79. The average molecular weight is 487 g/mol. The lowest BCUT2D eigenvalue weighted by Gasteiger charge is -2.37. The zero-order chi connectivity index (χ0) is 25.0. The van der Waals surface area contributed by atoms with Crippen LogP contribution in [0.5, 0.6) is 0 Å². The first-order chi connectivity index (χ1) is 17.5. The maximum Gasteiger partial charge on any atom is 0.158 e. The molecule has 36 heavy (non-hydrogen) atoms. The second-order valence-electron chi connectivity index (χ2n) is 11.2. The van der Waals surface area contributed by atoms with Crippen molar-refractivity contribution in [3.8, 4) is 11.3 Å². The summed E-state index contributed by atoms with van der Waals surface area (Å²) in [4.78, 5) is 16.0. The monoisotopic (exact) mass is 486 g/mol. The van der Waals surface area contributed by atoms with Crippen LogP contribution in [0.2, 0.25) is 0 Å². The van der Waals surface area contributed by atoms with E-state index in [2.05, 4.69) is 66.0 Å². The van der Waals surface area contributed by atoms with Gasteiger partial charge in [0.25, 0.3) is 0 Å². The number of H-pyrrole nitrogens is 1. The number of nitrogens with one attached hydrogen (secondary N) is 1. The molecule has 7 heteroatoms. The zero-order valence-corrected chi connectivity index (χ0v) is 22.0. The summed E-state index contributed by atoms with van der Waals surface area (Å²) in [5, 5.41) is 14.2. The lowest BCUT2D eigenvalue weighted by Crippen LogP contribution is -2.42. The summed E-state index contributed by atoms with van der Waals surface area (Å²) < 4.78 is 1.88. The quantitative estimate of drug-likeness (QED) is 0.389. The predicted octanol–water partition coefficient (Wildman–Crippen LogP) is 5.50. The van der Waals surface area contributed by atoms with Crippen LogP contribution in [0.15, 0.2) is 24.7 Å². The summed E-state index contributed by atoms with van der Waals surface area (Å²) in [5.74, 6) is 0.846. The molecule has 0 bridgehead atoms. The van der Waals surface area contributed by atoms with Crippen molar-refractivity contribution in [2.24, 2.45) is 0 Å². The van der Waals surface area contributed by atoms with Crippen LogP contribution in [-0.4, -0.2) is 59.8 Å². The highest BCUT2D eigenvalue weighted by Crippen LogP contribution is 2.40. The Bertz CT molecular complexity index is 1390. The largest absolute Gasteiger partial charge is 0.395 e. The molecule has 2 fully saturated rings. The maximum absolute atomic E-state index is 9.76. The van der Waals surface area contributed by atoms with Gasteiger partial charge in [0, 0.05) is 41.0 Å². The third-order valence-corrected chi connectivity index (χ3v) is 8.89. The number of aromatic nitrogens is 5. The van der Waals surface area contributed by atoms with Gasteiger partial charge in [0.05, 0.1) is 23.3 Å². The number of hydrogen-bond donors (Lipinski definition) is 2. The van der Waals surface area contributed by atoms with Gasteiger partial charge in [-0.3, -0.25) is 9.88 Å². The number of aromatic amines is 1.